The molecule has 174 valence electrons. The first-order valence-electron chi connectivity index (χ1n) is 9.90. The van der Waals surface area contributed by atoms with Gasteiger partial charge in [0.25, 0.3) is 5.91 Å². The fraction of sp³-hybridized carbons (Fsp3) is 0.450. The van der Waals surface area contributed by atoms with Gasteiger partial charge in [-0.3, -0.25) is 10.2 Å². The zero-order chi connectivity index (χ0) is 23.5. The Balaban J connectivity index is 1.78. The van der Waals surface area contributed by atoms with E-state index in [2.05, 4.69) is 15.4 Å². The number of hydrogen-bond donors (Lipinski definition) is 4. The summed E-state index contributed by atoms with van der Waals surface area (Å²) < 4.78 is 42.8. The van der Waals surface area contributed by atoms with Crippen LogP contribution in [0, 0.1) is 11.2 Å². The highest BCUT2D eigenvalue weighted by Gasteiger charge is 2.41. The Hall–Kier alpha value is -2.79. The monoisotopic (exact) mass is 473 g/mol. The number of rotatable bonds is 7. The summed E-state index contributed by atoms with van der Waals surface area (Å²) in [6.45, 7) is -2.73. The first-order chi connectivity index (χ1) is 15.1. The third kappa shape index (κ3) is 5.33. The number of nitrogens with one attached hydrogen (secondary N) is 3. The number of ether oxygens (including phenoxy) is 1. The average molecular weight is 474 g/mol. The van der Waals surface area contributed by atoms with E-state index in [4.69, 9.17) is 22.7 Å². The van der Waals surface area contributed by atoms with Crippen LogP contribution in [0.1, 0.15) is 24.8 Å². The SMILES string of the molecule is N=C(/C(C(N)=O)=C1/CN(C(=O)NC2(COC(F)F)CCC2)CCN1)c1ccc(F)c(Cl)c1. The maximum atomic E-state index is 13.5. The van der Waals surface area contributed by atoms with Crippen molar-refractivity contribution in [1.29, 1.82) is 5.41 Å². The smallest absolute Gasteiger partial charge is 0.345 e. The second kappa shape index (κ2) is 9.78. The van der Waals surface area contributed by atoms with E-state index in [9.17, 15) is 22.8 Å². The van der Waals surface area contributed by atoms with E-state index < -0.39 is 29.9 Å². The highest BCUT2D eigenvalue weighted by atomic mass is 35.5. The maximum absolute atomic E-state index is 13.5. The number of halogens is 4. The Morgan fingerprint density at radius 2 is 2.09 bits per heavy atom. The largest absolute Gasteiger partial charge is 0.384 e. The minimum Gasteiger partial charge on any atom is -0.384 e. The summed E-state index contributed by atoms with van der Waals surface area (Å²) in [6.07, 6.45) is 1.81. The molecule has 0 spiro atoms. The van der Waals surface area contributed by atoms with Crippen molar-refractivity contribution in [1.82, 2.24) is 15.5 Å². The van der Waals surface area contributed by atoms with Gasteiger partial charge in [0.2, 0.25) is 0 Å². The summed E-state index contributed by atoms with van der Waals surface area (Å²) >= 11 is 5.78. The molecule has 1 aliphatic carbocycles. The van der Waals surface area contributed by atoms with E-state index in [1.54, 1.807) is 0 Å². The molecule has 12 heteroatoms. The van der Waals surface area contributed by atoms with Crippen LogP contribution in [0.25, 0.3) is 0 Å². The van der Waals surface area contributed by atoms with Crippen LogP contribution in [0.4, 0.5) is 18.0 Å². The normalized spacial score (nSPS) is 19.1. The molecule has 1 heterocycles. The van der Waals surface area contributed by atoms with Crippen molar-refractivity contribution >= 4 is 29.3 Å². The number of carbonyl (C=O) groups excluding carboxylic acids is 2. The van der Waals surface area contributed by atoms with Gasteiger partial charge < -0.3 is 26.0 Å². The maximum Gasteiger partial charge on any atom is 0.345 e. The van der Waals surface area contributed by atoms with Gasteiger partial charge in [-0.05, 0) is 37.5 Å². The number of nitrogens with two attached hydrogens (primary N) is 1. The van der Waals surface area contributed by atoms with Crippen molar-refractivity contribution < 1.29 is 27.5 Å². The molecule has 1 aromatic carbocycles. The standard InChI is InChI=1S/C20H23ClF3N5O3/c21-12-8-11(2-3-13(12)22)16(25)15(17(26)30)14-9-29(7-6-27-14)19(31)28-20(4-1-5-20)10-32-18(23)24/h2-3,8,18,25,27H,1,4-7,9-10H2,(H2,26,30)(H,28,31)/b15-14+,25-16?. The van der Waals surface area contributed by atoms with E-state index in [1.165, 1.54) is 17.0 Å². The molecule has 5 N–H and O–H groups in total. The fourth-order valence-corrected chi connectivity index (χ4v) is 3.85. The van der Waals surface area contributed by atoms with Gasteiger partial charge in [0, 0.05) is 24.4 Å². The van der Waals surface area contributed by atoms with Crippen LogP contribution in [0.3, 0.4) is 0 Å². The number of amides is 3. The van der Waals surface area contributed by atoms with E-state index >= 15 is 0 Å². The highest BCUT2D eigenvalue weighted by molar-refractivity contribution is 6.32. The number of benzene rings is 1. The second-order valence-electron chi connectivity index (χ2n) is 7.71. The van der Waals surface area contributed by atoms with Crippen molar-refractivity contribution in [2.45, 2.75) is 31.4 Å². The quantitative estimate of drug-likeness (QED) is 0.359. The van der Waals surface area contributed by atoms with Crippen LogP contribution in [0.15, 0.2) is 29.5 Å². The van der Waals surface area contributed by atoms with E-state index in [0.29, 0.717) is 12.8 Å². The minimum atomic E-state index is -2.93. The van der Waals surface area contributed by atoms with Gasteiger partial charge in [0.1, 0.15) is 5.82 Å². The second-order valence-corrected chi connectivity index (χ2v) is 8.11. The lowest BCUT2D eigenvalue weighted by molar-refractivity contribution is -0.150. The minimum absolute atomic E-state index is 0.0623. The Morgan fingerprint density at radius 1 is 1.38 bits per heavy atom. The number of piperazine rings is 1. The molecule has 2 aliphatic rings. The number of alkyl halides is 2. The van der Waals surface area contributed by atoms with Gasteiger partial charge in [0.05, 0.1) is 35.0 Å². The van der Waals surface area contributed by atoms with E-state index in [-0.39, 0.29) is 53.8 Å². The van der Waals surface area contributed by atoms with Gasteiger partial charge in [-0.25, -0.2) is 9.18 Å². The summed E-state index contributed by atoms with van der Waals surface area (Å²) in [5.74, 6) is -1.57. The molecule has 0 atom stereocenters. The third-order valence-electron chi connectivity index (χ3n) is 5.53. The Labute approximate surface area is 187 Å². The molecule has 32 heavy (non-hydrogen) atoms. The van der Waals surface area contributed by atoms with Gasteiger partial charge in [-0.2, -0.15) is 8.78 Å². The van der Waals surface area contributed by atoms with Gasteiger partial charge in [-0.1, -0.05) is 11.6 Å². The lowest BCUT2D eigenvalue weighted by Crippen LogP contribution is -2.61. The summed E-state index contributed by atoms with van der Waals surface area (Å²) in [7, 11) is 0. The molecule has 0 aromatic heterocycles. The number of nitrogens with zero attached hydrogens (tertiary/aromatic N) is 1. The third-order valence-corrected chi connectivity index (χ3v) is 5.82. The van der Waals surface area contributed by atoms with Crippen molar-refractivity contribution in [3.63, 3.8) is 0 Å². The van der Waals surface area contributed by atoms with Crippen LogP contribution in [0.5, 0.6) is 0 Å². The molecule has 1 aromatic rings. The van der Waals surface area contributed by atoms with Crippen molar-refractivity contribution in [3.05, 3.63) is 45.9 Å². The highest BCUT2D eigenvalue weighted by Crippen LogP contribution is 2.33. The van der Waals surface area contributed by atoms with Crippen LogP contribution < -0.4 is 16.4 Å². The molecule has 1 saturated heterocycles. The first kappa shape index (κ1) is 23.9. The molecule has 0 unspecified atom stereocenters. The van der Waals surface area contributed by atoms with Crippen molar-refractivity contribution in [3.8, 4) is 0 Å². The molecule has 1 aliphatic heterocycles. The predicted molar refractivity (Wildman–Crippen MR) is 111 cm³/mol. The van der Waals surface area contributed by atoms with Crippen LogP contribution in [-0.4, -0.2) is 60.9 Å². The molecule has 3 amide bonds. The number of urea groups is 1. The molecule has 0 radical (unpaired) electrons. The van der Waals surface area contributed by atoms with Crippen LogP contribution in [0.2, 0.25) is 5.02 Å². The van der Waals surface area contributed by atoms with Crippen molar-refractivity contribution in [2.24, 2.45) is 5.73 Å². The topological polar surface area (TPSA) is 121 Å². The zero-order valence-corrected chi connectivity index (χ0v) is 17.8. The van der Waals surface area contributed by atoms with Crippen LogP contribution in [-0.2, 0) is 9.53 Å². The van der Waals surface area contributed by atoms with Gasteiger partial charge >= 0.3 is 12.6 Å². The Bertz CT molecular complexity index is 952. The Kier molecular flexibility index (Phi) is 7.29. The summed E-state index contributed by atoms with van der Waals surface area (Å²) in [4.78, 5) is 26.3. The Morgan fingerprint density at radius 3 is 2.66 bits per heavy atom. The lowest BCUT2D eigenvalue weighted by Gasteiger charge is -2.44. The predicted octanol–water partition coefficient (Wildman–Crippen LogP) is 2.36. The first-order valence-corrected chi connectivity index (χ1v) is 10.3. The average Bonchev–Trinajstić information content (AvgIpc) is 2.71. The van der Waals surface area contributed by atoms with E-state index in [0.717, 1.165) is 12.5 Å². The summed E-state index contributed by atoms with van der Waals surface area (Å²) in [5, 5.41) is 13.9. The fourth-order valence-electron chi connectivity index (χ4n) is 3.66. The molecular weight excluding hydrogens is 451 g/mol. The summed E-state index contributed by atoms with van der Waals surface area (Å²) in [6, 6.07) is 3.08. The molecule has 2 fully saturated rings. The molecular formula is C20H23ClF3N5O3. The summed E-state index contributed by atoms with van der Waals surface area (Å²) in [5.41, 5.74) is 4.64. The van der Waals surface area contributed by atoms with Crippen molar-refractivity contribution in [2.75, 3.05) is 26.2 Å². The molecule has 1 saturated carbocycles. The number of carbonyl (C=O) groups is 2. The number of primary amides is 1. The zero-order valence-electron chi connectivity index (χ0n) is 17.0. The molecule has 8 nitrogen and oxygen atoms in total. The van der Waals surface area contributed by atoms with Gasteiger partial charge in [0.15, 0.2) is 0 Å². The molecule has 3 rings (SSSR count). The van der Waals surface area contributed by atoms with E-state index in [1.807, 2.05) is 0 Å². The van der Waals surface area contributed by atoms with Crippen LogP contribution >= 0.6 is 11.6 Å². The van der Waals surface area contributed by atoms with Gasteiger partial charge in [-0.15, -0.1) is 0 Å². The number of hydrogen-bond acceptors (Lipinski definition) is 5. The molecule has 0 bridgehead atoms. The lowest BCUT2D eigenvalue weighted by atomic mass is 9.77.